The lowest BCUT2D eigenvalue weighted by Gasteiger charge is -2.16. The molecule has 2 rings (SSSR count). The van der Waals surface area contributed by atoms with Crippen molar-refractivity contribution in [3.8, 4) is 0 Å². The number of anilines is 1. The minimum atomic E-state index is -0.633. The summed E-state index contributed by atoms with van der Waals surface area (Å²) in [5.41, 5.74) is -0.00598. The first kappa shape index (κ1) is 9.85. The zero-order valence-corrected chi connectivity index (χ0v) is 7.85. The lowest BCUT2D eigenvalue weighted by molar-refractivity contribution is -0.385. The zero-order valence-electron chi connectivity index (χ0n) is 7.85. The monoisotopic (exact) mass is 212 g/mol. The first-order valence-electron chi connectivity index (χ1n) is 4.53. The molecule has 0 amide bonds. The topological polar surface area (TPSA) is 55.6 Å². The van der Waals surface area contributed by atoms with Gasteiger partial charge < -0.3 is 0 Å². The Balaban J connectivity index is 2.29. The molecule has 15 heavy (non-hydrogen) atoms. The summed E-state index contributed by atoms with van der Waals surface area (Å²) in [6, 6.07) is 3.52. The van der Waals surface area contributed by atoms with Crippen LogP contribution in [0.15, 0.2) is 18.2 Å². The molecular formula is C9H9FN2O3. The quantitative estimate of drug-likeness (QED) is 0.554. The van der Waals surface area contributed by atoms with Crippen molar-refractivity contribution in [3.05, 3.63) is 34.1 Å². The van der Waals surface area contributed by atoms with Crippen molar-refractivity contribution < 1.29 is 14.2 Å². The Bertz CT molecular complexity index is 391. The lowest BCUT2D eigenvalue weighted by Crippen LogP contribution is -2.17. The van der Waals surface area contributed by atoms with Crippen molar-refractivity contribution in [1.82, 2.24) is 0 Å². The summed E-state index contributed by atoms with van der Waals surface area (Å²) in [5, 5.41) is 11.8. The van der Waals surface area contributed by atoms with Gasteiger partial charge >= 0.3 is 0 Å². The minimum absolute atomic E-state index is 0.248. The average Bonchev–Trinajstić information content (AvgIpc) is 2.70. The van der Waals surface area contributed by atoms with E-state index in [2.05, 4.69) is 0 Å². The van der Waals surface area contributed by atoms with Crippen LogP contribution in [0, 0.1) is 15.9 Å². The Kier molecular flexibility index (Phi) is 2.51. The van der Waals surface area contributed by atoms with Crippen molar-refractivity contribution in [3.63, 3.8) is 0 Å². The third kappa shape index (κ3) is 1.89. The second kappa shape index (κ2) is 3.82. The van der Waals surface area contributed by atoms with Gasteiger partial charge in [-0.3, -0.25) is 20.0 Å². The van der Waals surface area contributed by atoms with Crippen LogP contribution >= 0.6 is 0 Å². The van der Waals surface area contributed by atoms with Gasteiger partial charge in [0.1, 0.15) is 0 Å². The summed E-state index contributed by atoms with van der Waals surface area (Å²) in [7, 11) is 0. The molecule has 1 aliphatic rings. The summed E-state index contributed by atoms with van der Waals surface area (Å²) in [6.45, 7) is 1.16. The molecule has 0 bridgehead atoms. The van der Waals surface area contributed by atoms with E-state index in [1.165, 1.54) is 17.2 Å². The van der Waals surface area contributed by atoms with Crippen LogP contribution in [0.2, 0.25) is 0 Å². The third-order valence-corrected chi connectivity index (χ3v) is 2.16. The van der Waals surface area contributed by atoms with Gasteiger partial charge in [0.25, 0.3) is 5.69 Å². The highest BCUT2D eigenvalue weighted by Crippen LogP contribution is 2.26. The Hall–Kier alpha value is -1.69. The molecule has 1 aliphatic heterocycles. The fourth-order valence-corrected chi connectivity index (χ4v) is 1.45. The van der Waals surface area contributed by atoms with Gasteiger partial charge in [0, 0.05) is 12.6 Å². The number of hydrogen-bond acceptors (Lipinski definition) is 4. The predicted octanol–water partition coefficient (Wildman–Crippen LogP) is 1.88. The molecule has 0 saturated carbocycles. The summed E-state index contributed by atoms with van der Waals surface area (Å²) < 4.78 is 13.4. The van der Waals surface area contributed by atoms with Crippen LogP contribution in [-0.4, -0.2) is 18.1 Å². The highest BCUT2D eigenvalue weighted by atomic mass is 19.1. The molecule has 0 N–H and O–H groups in total. The minimum Gasteiger partial charge on any atom is -0.273 e. The van der Waals surface area contributed by atoms with Gasteiger partial charge in [0.15, 0.2) is 5.82 Å². The number of non-ortho nitro benzene ring substituents is 1. The van der Waals surface area contributed by atoms with E-state index in [0.29, 0.717) is 13.2 Å². The summed E-state index contributed by atoms with van der Waals surface area (Å²) >= 11 is 0. The fraction of sp³-hybridized carbons (Fsp3) is 0.333. The number of benzene rings is 1. The van der Waals surface area contributed by atoms with Crippen LogP contribution in [0.1, 0.15) is 6.42 Å². The molecule has 1 saturated heterocycles. The molecule has 1 fully saturated rings. The molecule has 1 heterocycles. The smallest absolute Gasteiger partial charge is 0.272 e. The van der Waals surface area contributed by atoms with Crippen LogP contribution in [0.25, 0.3) is 0 Å². The van der Waals surface area contributed by atoms with Crippen molar-refractivity contribution in [2.24, 2.45) is 0 Å². The predicted molar refractivity (Wildman–Crippen MR) is 51.0 cm³/mol. The number of nitrogens with zero attached hydrogens (tertiary/aromatic N) is 2. The molecule has 0 aromatic heterocycles. The molecule has 80 valence electrons. The molecule has 0 radical (unpaired) electrons. The van der Waals surface area contributed by atoms with Crippen molar-refractivity contribution in [2.45, 2.75) is 6.42 Å². The second-order valence-corrected chi connectivity index (χ2v) is 3.18. The van der Waals surface area contributed by atoms with Gasteiger partial charge in [-0.25, -0.2) is 4.39 Å². The van der Waals surface area contributed by atoms with Gasteiger partial charge in [-0.2, -0.15) is 0 Å². The molecule has 0 unspecified atom stereocenters. The Morgan fingerprint density at radius 2 is 2.33 bits per heavy atom. The van der Waals surface area contributed by atoms with Crippen molar-refractivity contribution in [2.75, 3.05) is 18.2 Å². The van der Waals surface area contributed by atoms with Gasteiger partial charge in [-0.1, -0.05) is 0 Å². The summed E-state index contributed by atoms with van der Waals surface area (Å²) in [5.74, 6) is -0.633. The highest BCUT2D eigenvalue weighted by Gasteiger charge is 2.19. The molecule has 0 atom stereocenters. The van der Waals surface area contributed by atoms with E-state index in [4.69, 9.17) is 4.84 Å². The number of hydroxylamine groups is 1. The highest BCUT2D eigenvalue weighted by molar-refractivity contribution is 5.50. The standard InChI is InChI=1S/C9H9FN2O3/c10-8-6-7(12(13)14)2-3-9(8)11-4-1-5-15-11/h2-3,6H,1,4-5H2. The van der Waals surface area contributed by atoms with Gasteiger partial charge in [-0.05, 0) is 12.5 Å². The molecule has 6 heteroatoms. The van der Waals surface area contributed by atoms with Crippen LogP contribution < -0.4 is 5.06 Å². The third-order valence-electron chi connectivity index (χ3n) is 2.16. The second-order valence-electron chi connectivity index (χ2n) is 3.18. The van der Waals surface area contributed by atoms with Crippen LogP contribution in [-0.2, 0) is 4.84 Å². The van der Waals surface area contributed by atoms with Gasteiger partial charge in [0.05, 0.1) is 23.3 Å². The SMILES string of the molecule is O=[N+]([O-])c1ccc(N2CCCO2)c(F)c1. The lowest BCUT2D eigenvalue weighted by atomic mass is 10.2. The van der Waals surface area contributed by atoms with Crippen LogP contribution in [0.3, 0.4) is 0 Å². The largest absolute Gasteiger partial charge is 0.273 e. The zero-order chi connectivity index (χ0) is 10.8. The fourth-order valence-electron chi connectivity index (χ4n) is 1.45. The molecule has 0 aliphatic carbocycles. The number of nitro groups is 1. The maximum atomic E-state index is 13.4. The van der Waals surface area contributed by atoms with E-state index in [1.54, 1.807) is 0 Å². The Morgan fingerprint density at radius 1 is 1.53 bits per heavy atom. The van der Waals surface area contributed by atoms with E-state index >= 15 is 0 Å². The van der Waals surface area contributed by atoms with Gasteiger partial charge in [-0.15, -0.1) is 0 Å². The van der Waals surface area contributed by atoms with E-state index in [-0.39, 0.29) is 11.4 Å². The van der Waals surface area contributed by atoms with E-state index < -0.39 is 10.7 Å². The Morgan fingerprint density at radius 3 is 2.87 bits per heavy atom. The first-order valence-corrected chi connectivity index (χ1v) is 4.53. The molecule has 0 spiro atoms. The van der Waals surface area contributed by atoms with Crippen molar-refractivity contribution in [1.29, 1.82) is 0 Å². The number of nitro benzene ring substituents is 1. The van der Waals surface area contributed by atoms with E-state index in [9.17, 15) is 14.5 Å². The van der Waals surface area contributed by atoms with E-state index in [0.717, 1.165) is 12.5 Å². The molecule has 1 aromatic carbocycles. The first-order chi connectivity index (χ1) is 7.18. The normalized spacial score (nSPS) is 15.7. The summed E-state index contributed by atoms with van der Waals surface area (Å²) in [6.07, 6.45) is 0.830. The Labute approximate surface area is 85.2 Å². The number of halogens is 1. The number of hydrogen-bond donors (Lipinski definition) is 0. The van der Waals surface area contributed by atoms with Crippen LogP contribution in [0.5, 0.6) is 0 Å². The average molecular weight is 212 g/mol. The van der Waals surface area contributed by atoms with Crippen molar-refractivity contribution >= 4 is 11.4 Å². The van der Waals surface area contributed by atoms with E-state index in [1.807, 2.05) is 0 Å². The van der Waals surface area contributed by atoms with Crippen LogP contribution in [0.4, 0.5) is 15.8 Å². The molecular weight excluding hydrogens is 203 g/mol. The summed E-state index contributed by atoms with van der Waals surface area (Å²) in [4.78, 5) is 14.9. The maximum Gasteiger partial charge on any atom is 0.272 e. The molecule has 1 aromatic rings. The number of rotatable bonds is 2. The maximum absolute atomic E-state index is 13.4. The van der Waals surface area contributed by atoms with Gasteiger partial charge in [0.2, 0.25) is 0 Å². The molecule has 5 nitrogen and oxygen atoms in total.